The molecule has 0 radical (unpaired) electrons. The van der Waals surface area contributed by atoms with Gasteiger partial charge in [-0.1, -0.05) is 12.1 Å². The van der Waals surface area contributed by atoms with Crippen molar-refractivity contribution >= 4 is 12.0 Å². The van der Waals surface area contributed by atoms with Crippen LogP contribution in [0, 0.1) is 0 Å². The summed E-state index contributed by atoms with van der Waals surface area (Å²) in [4.78, 5) is 10.2. The van der Waals surface area contributed by atoms with E-state index in [9.17, 15) is 18.0 Å². The molecule has 3 nitrogen and oxygen atoms in total. The molecule has 1 N–H and O–H groups in total. The molecule has 0 spiro atoms. The van der Waals surface area contributed by atoms with Crippen molar-refractivity contribution in [2.24, 2.45) is 0 Å². The number of halogens is 3. The van der Waals surface area contributed by atoms with Crippen molar-refractivity contribution in [3.05, 3.63) is 35.9 Å². The Kier molecular flexibility index (Phi) is 4.56. The molecule has 0 aliphatic rings. The molecule has 0 amide bonds. The number of carboxylic acid groups (broad SMARTS) is 1. The van der Waals surface area contributed by atoms with Gasteiger partial charge in [-0.2, -0.15) is 4.39 Å². The van der Waals surface area contributed by atoms with E-state index in [2.05, 4.69) is 4.74 Å². The van der Waals surface area contributed by atoms with Gasteiger partial charge in [-0.05, 0) is 23.8 Å². The number of hydrogen-bond donors (Lipinski definition) is 1. The van der Waals surface area contributed by atoms with Crippen LogP contribution in [0.1, 0.15) is 5.56 Å². The molecule has 1 aromatic rings. The van der Waals surface area contributed by atoms with E-state index in [0.717, 1.165) is 6.08 Å². The lowest BCUT2D eigenvalue weighted by Crippen LogP contribution is -2.19. The fourth-order valence-corrected chi connectivity index (χ4v) is 1.04. The molecular formula is C11H9F3O3. The molecule has 1 rings (SSSR count). The van der Waals surface area contributed by atoms with E-state index >= 15 is 0 Å². The summed E-state index contributed by atoms with van der Waals surface area (Å²) in [5.41, 5.74) is 0.409. The molecule has 92 valence electrons. The van der Waals surface area contributed by atoms with Crippen LogP contribution in [0.15, 0.2) is 30.3 Å². The molecule has 0 saturated heterocycles. The van der Waals surface area contributed by atoms with Gasteiger partial charge in [0.05, 0.1) is 0 Å². The standard InChI is InChI=1S/C11H9F3O3/c12-10(13)11(14)17-8-3-1-2-7(6-8)4-5-9(15)16/h1-6,10-11H,(H,15,16). The molecule has 1 aromatic carbocycles. The predicted molar refractivity (Wildman–Crippen MR) is 54.6 cm³/mol. The topological polar surface area (TPSA) is 46.5 Å². The van der Waals surface area contributed by atoms with Crippen molar-refractivity contribution in [3.8, 4) is 5.75 Å². The van der Waals surface area contributed by atoms with E-state index in [1.54, 1.807) is 0 Å². The molecule has 1 unspecified atom stereocenters. The van der Waals surface area contributed by atoms with Gasteiger partial charge in [-0.3, -0.25) is 0 Å². The van der Waals surface area contributed by atoms with Gasteiger partial charge in [0.15, 0.2) is 0 Å². The minimum atomic E-state index is -3.23. The quantitative estimate of drug-likeness (QED) is 0.812. The predicted octanol–water partition coefficient (Wildman–Crippen LogP) is 2.72. The number of benzene rings is 1. The Morgan fingerprint density at radius 2 is 2.06 bits per heavy atom. The fourth-order valence-electron chi connectivity index (χ4n) is 1.04. The summed E-state index contributed by atoms with van der Waals surface area (Å²) in [5.74, 6) is -1.24. The molecular weight excluding hydrogens is 237 g/mol. The van der Waals surface area contributed by atoms with Gasteiger partial charge >= 0.3 is 12.4 Å². The average molecular weight is 246 g/mol. The van der Waals surface area contributed by atoms with Crippen LogP contribution in [-0.4, -0.2) is 23.9 Å². The number of carboxylic acids is 1. The Morgan fingerprint density at radius 1 is 1.35 bits per heavy atom. The first-order valence-electron chi connectivity index (χ1n) is 4.59. The van der Waals surface area contributed by atoms with E-state index in [0.29, 0.717) is 5.56 Å². The van der Waals surface area contributed by atoms with Crippen LogP contribution < -0.4 is 4.74 Å². The molecule has 0 saturated carbocycles. The monoisotopic (exact) mass is 246 g/mol. The lowest BCUT2D eigenvalue weighted by Gasteiger charge is -2.10. The van der Waals surface area contributed by atoms with Gasteiger partial charge in [0.25, 0.3) is 6.36 Å². The summed E-state index contributed by atoms with van der Waals surface area (Å²) in [6.07, 6.45) is -3.81. The van der Waals surface area contributed by atoms with E-state index in [-0.39, 0.29) is 5.75 Å². The highest BCUT2D eigenvalue weighted by molar-refractivity contribution is 5.85. The van der Waals surface area contributed by atoms with E-state index in [4.69, 9.17) is 5.11 Å². The van der Waals surface area contributed by atoms with Gasteiger partial charge < -0.3 is 9.84 Å². The third kappa shape index (κ3) is 4.58. The van der Waals surface area contributed by atoms with Crippen LogP contribution in [-0.2, 0) is 4.79 Å². The Balaban J connectivity index is 2.75. The maximum absolute atomic E-state index is 12.6. The zero-order chi connectivity index (χ0) is 12.8. The highest BCUT2D eigenvalue weighted by atomic mass is 19.3. The largest absolute Gasteiger partial charge is 0.478 e. The molecule has 1 atom stereocenters. The highest BCUT2D eigenvalue weighted by Crippen LogP contribution is 2.18. The molecule has 0 bridgehead atoms. The Morgan fingerprint density at radius 3 is 2.65 bits per heavy atom. The molecule has 0 aliphatic heterocycles. The van der Waals surface area contributed by atoms with E-state index in [1.165, 1.54) is 30.3 Å². The molecule has 0 fully saturated rings. The first-order valence-corrected chi connectivity index (χ1v) is 4.59. The average Bonchev–Trinajstić information content (AvgIpc) is 2.26. The van der Waals surface area contributed by atoms with Gasteiger partial charge in [-0.25, -0.2) is 13.6 Å². The number of alkyl halides is 3. The van der Waals surface area contributed by atoms with Crippen LogP contribution in [0.2, 0.25) is 0 Å². The number of carbonyl (C=O) groups is 1. The van der Waals surface area contributed by atoms with Crippen molar-refractivity contribution in [2.45, 2.75) is 12.8 Å². The van der Waals surface area contributed by atoms with E-state index in [1.807, 2.05) is 0 Å². The van der Waals surface area contributed by atoms with Crippen LogP contribution >= 0.6 is 0 Å². The first-order chi connectivity index (χ1) is 7.99. The van der Waals surface area contributed by atoms with Crippen molar-refractivity contribution < 1.29 is 27.8 Å². The zero-order valence-electron chi connectivity index (χ0n) is 8.52. The third-order valence-electron chi connectivity index (χ3n) is 1.72. The minimum Gasteiger partial charge on any atom is -0.478 e. The molecule has 0 heterocycles. The number of hydrogen-bond acceptors (Lipinski definition) is 2. The smallest absolute Gasteiger partial charge is 0.328 e. The van der Waals surface area contributed by atoms with Gasteiger partial charge in [0.1, 0.15) is 5.75 Å². The second kappa shape index (κ2) is 5.93. The summed E-state index contributed by atoms with van der Waals surface area (Å²) in [7, 11) is 0. The fraction of sp³-hybridized carbons (Fsp3) is 0.182. The molecule has 0 aliphatic carbocycles. The lowest BCUT2D eigenvalue weighted by molar-refractivity contribution is -0.131. The van der Waals surface area contributed by atoms with Gasteiger partial charge in [-0.15, -0.1) is 0 Å². The Bertz CT molecular complexity index is 418. The summed E-state index contributed by atoms with van der Waals surface area (Å²) in [6, 6.07) is 5.53. The summed E-state index contributed by atoms with van der Waals surface area (Å²) >= 11 is 0. The summed E-state index contributed by atoms with van der Waals surface area (Å²) in [5, 5.41) is 8.39. The maximum Gasteiger partial charge on any atom is 0.328 e. The Labute approximate surface area is 95.1 Å². The molecule has 17 heavy (non-hydrogen) atoms. The van der Waals surface area contributed by atoms with Crippen molar-refractivity contribution in [2.75, 3.05) is 0 Å². The highest BCUT2D eigenvalue weighted by Gasteiger charge is 2.20. The van der Waals surface area contributed by atoms with Crippen LogP contribution in [0.3, 0.4) is 0 Å². The first kappa shape index (κ1) is 13.1. The van der Waals surface area contributed by atoms with E-state index < -0.39 is 18.8 Å². The second-order valence-electron chi connectivity index (χ2n) is 3.05. The van der Waals surface area contributed by atoms with Crippen LogP contribution in [0.4, 0.5) is 13.2 Å². The number of aliphatic carboxylic acids is 1. The summed E-state index contributed by atoms with van der Waals surface area (Å²) < 4.78 is 40.7. The van der Waals surface area contributed by atoms with Gasteiger partial charge in [0.2, 0.25) is 0 Å². The number of rotatable bonds is 5. The summed E-state index contributed by atoms with van der Waals surface area (Å²) in [6.45, 7) is 0. The Hall–Kier alpha value is -1.98. The maximum atomic E-state index is 12.6. The molecule has 6 heteroatoms. The minimum absolute atomic E-state index is 0.0923. The van der Waals surface area contributed by atoms with Crippen molar-refractivity contribution in [3.63, 3.8) is 0 Å². The van der Waals surface area contributed by atoms with Crippen LogP contribution in [0.25, 0.3) is 6.08 Å². The van der Waals surface area contributed by atoms with Crippen molar-refractivity contribution in [1.29, 1.82) is 0 Å². The molecule has 0 aromatic heterocycles. The number of ether oxygens (including phenoxy) is 1. The van der Waals surface area contributed by atoms with Gasteiger partial charge in [0, 0.05) is 6.08 Å². The normalized spacial score (nSPS) is 12.9. The third-order valence-corrected chi connectivity index (χ3v) is 1.72. The lowest BCUT2D eigenvalue weighted by atomic mass is 10.2. The SMILES string of the molecule is O=C(O)C=Cc1cccc(OC(F)C(F)F)c1. The van der Waals surface area contributed by atoms with Crippen LogP contribution in [0.5, 0.6) is 5.75 Å². The second-order valence-corrected chi connectivity index (χ2v) is 3.05. The zero-order valence-corrected chi connectivity index (χ0v) is 8.52. The van der Waals surface area contributed by atoms with Crippen molar-refractivity contribution in [1.82, 2.24) is 0 Å².